The molecule has 0 heterocycles. The molecule has 0 bridgehead atoms. The highest BCUT2D eigenvalue weighted by atomic mass is 32.2. The number of nitro groups is 1. The SMILES string of the molecule is CNc1c(CSCCOC)cccc1[N+](=O)[O-]. The van der Waals surface area contributed by atoms with Crippen LogP contribution in [-0.2, 0) is 10.5 Å². The van der Waals surface area contributed by atoms with Crippen LogP contribution in [0.5, 0.6) is 0 Å². The Bertz CT molecular complexity index is 385. The number of rotatable bonds is 7. The number of nitrogens with one attached hydrogen (secondary N) is 1. The van der Waals surface area contributed by atoms with Crippen LogP contribution < -0.4 is 5.32 Å². The predicted molar refractivity (Wildman–Crippen MR) is 70.7 cm³/mol. The molecule has 0 saturated carbocycles. The molecule has 0 aliphatic heterocycles. The Morgan fingerprint density at radius 3 is 2.88 bits per heavy atom. The van der Waals surface area contributed by atoms with Gasteiger partial charge in [0.15, 0.2) is 0 Å². The average Bonchev–Trinajstić information content (AvgIpc) is 2.34. The van der Waals surface area contributed by atoms with Crippen LogP contribution in [0.4, 0.5) is 11.4 Å². The van der Waals surface area contributed by atoms with Crippen molar-refractivity contribution in [2.45, 2.75) is 5.75 Å². The fourth-order valence-electron chi connectivity index (χ4n) is 1.47. The van der Waals surface area contributed by atoms with Gasteiger partial charge in [0.2, 0.25) is 0 Å². The van der Waals surface area contributed by atoms with Gasteiger partial charge in [-0.15, -0.1) is 0 Å². The molecule has 1 rings (SSSR count). The van der Waals surface area contributed by atoms with Crippen LogP contribution in [-0.4, -0.2) is 31.4 Å². The van der Waals surface area contributed by atoms with E-state index in [0.717, 1.165) is 17.1 Å². The Labute approximate surface area is 105 Å². The lowest BCUT2D eigenvalue weighted by molar-refractivity contribution is -0.384. The Hall–Kier alpha value is -1.27. The summed E-state index contributed by atoms with van der Waals surface area (Å²) in [6, 6.07) is 5.12. The van der Waals surface area contributed by atoms with Gasteiger partial charge in [-0.25, -0.2) is 0 Å². The van der Waals surface area contributed by atoms with E-state index < -0.39 is 0 Å². The van der Waals surface area contributed by atoms with Crippen molar-refractivity contribution in [1.29, 1.82) is 0 Å². The zero-order valence-corrected chi connectivity index (χ0v) is 10.8. The number of anilines is 1. The normalized spacial score (nSPS) is 10.2. The molecule has 1 aromatic rings. The number of hydrogen-bond acceptors (Lipinski definition) is 5. The van der Waals surface area contributed by atoms with Crippen molar-refractivity contribution in [3.8, 4) is 0 Å². The molecule has 0 aromatic heterocycles. The molecule has 17 heavy (non-hydrogen) atoms. The first kappa shape index (κ1) is 13.8. The molecule has 5 nitrogen and oxygen atoms in total. The summed E-state index contributed by atoms with van der Waals surface area (Å²) in [4.78, 5) is 10.5. The van der Waals surface area contributed by atoms with Gasteiger partial charge in [0, 0.05) is 31.7 Å². The molecule has 0 saturated heterocycles. The van der Waals surface area contributed by atoms with Crippen molar-refractivity contribution in [3.63, 3.8) is 0 Å². The van der Waals surface area contributed by atoms with E-state index >= 15 is 0 Å². The van der Waals surface area contributed by atoms with Gasteiger partial charge in [-0.05, 0) is 5.56 Å². The molecule has 0 fully saturated rings. The van der Waals surface area contributed by atoms with Crippen molar-refractivity contribution in [3.05, 3.63) is 33.9 Å². The minimum atomic E-state index is -0.366. The van der Waals surface area contributed by atoms with E-state index in [0.29, 0.717) is 12.3 Å². The Morgan fingerprint density at radius 2 is 2.29 bits per heavy atom. The maximum Gasteiger partial charge on any atom is 0.292 e. The first-order valence-corrected chi connectivity index (χ1v) is 6.37. The minimum absolute atomic E-state index is 0.123. The predicted octanol–water partition coefficient (Wildman–Crippen LogP) is 2.52. The lowest BCUT2D eigenvalue weighted by atomic mass is 10.1. The molecule has 0 aliphatic rings. The number of ether oxygens (including phenoxy) is 1. The maximum absolute atomic E-state index is 10.8. The first-order chi connectivity index (χ1) is 8.20. The van der Waals surface area contributed by atoms with Crippen molar-refractivity contribution in [2.75, 3.05) is 31.8 Å². The maximum atomic E-state index is 10.8. The summed E-state index contributed by atoms with van der Waals surface area (Å²) >= 11 is 1.69. The summed E-state index contributed by atoms with van der Waals surface area (Å²) in [5, 5.41) is 13.7. The highest BCUT2D eigenvalue weighted by Crippen LogP contribution is 2.30. The van der Waals surface area contributed by atoms with Gasteiger partial charge >= 0.3 is 0 Å². The van der Waals surface area contributed by atoms with E-state index in [1.165, 1.54) is 6.07 Å². The number of methoxy groups -OCH3 is 1. The zero-order chi connectivity index (χ0) is 12.7. The molecule has 0 spiro atoms. The highest BCUT2D eigenvalue weighted by Gasteiger charge is 2.15. The van der Waals surface area contributed by atoms with Crippen LogP contribution in [0.15, 0.2) is 18.2 Å². The molecule has 0 unspecified atom stereocenters. The third kappa shape index (κ3) is 3.90. The standard InChI is InChI=1S/C11H16N2O3S/c1-12-11-9(8-17-7-6-16-2)4-3-5-10(11)13(14)15/h3-5,12H,6-8H2,1-2H3. The van der Waals surface area contributed by atoms with Gasteiger partial charge in [-0.1, -0.05) is 12.1 Å². The molecule has 1 N–H and O–H groups in total. The van der Waals surface area contributed by atoms with Crippen molar-refractivity contribution < 1.29 is 9.66 Å². The van der Waals surface area contributed by atoms with Crippen LogP contribution in [0.3, 0.4) is 0 Å². The van der Waals surface area contributed by atoms with E-state index in [-0.39, 0.29) is 10.6 Å². The van der Waals surface area contributed by atoms with E-state index in [2.05, 4.69) is 5.32 Å². The monoisotopic (exact) mass is 256 g/mol. The first-order valence-electron chi connectivity index (χ1n) is 5.21. The summed E-state index contributed by atoms with van der Waals surface area (Å²) in [5.74, 6) is 1.61. The summed E-state index contributed by atoms with van der Waals surface area (Å²) in [5.41, 5.74) is 1.67. The number of thioether (sulfide) groups is 1. The second-order valence-corrected chi connectivity index (χ2v) is 4.47. The topological polar surface area (TPSA) is 64.4 Å². The molecular formula is C11H16N2O3S. The quantitative estimate of drug-likeness (QED) is 0.461. The Balaban J connectivity index is 2.77. The number of benzene rings is 1. The van der Waals surface area contributed by atoms with E-state index in [4.69, 9.17) is 4.74 Å². The van der Waals surface area contributed by atoms with Gasteiger partial charge < -0.3 is 10.1 Å². The molecule has 1 aromatic carbocycles. The second-order valence-electron chi connectivity index (χ2n) is 3.36. The number of para-hydroxylation sites is 1. The number of nitro benzene ring substituents is 1. The van der Waals surface area contributed by atoms with Crippen LogP contribution in [0.2, 0.25) is 0 Å². The number of hydrogen-bond donors (Lipinski definition) is 1. The summed E-state index contributed by atoms with van der Waals surface area (Å²) in [7, 11) is 3.36. The fourth-order valence-corrected chi connectivity index (χ4v) is 2.36. The van der Waals surface area contributed by atoms with Crippen molar-refractivity contribution >= 4 is 23.1 Å². The fraction of sp³-hybridized carbons (Fsp3) is 0.455. The van der Waals surface area contributed by atoms with Crippen LogP contribution in [0, 0.1) is 10.1 Å². The van der Waals surface area contributed by atoms with Gasteiger partial charge in [-0.3, -0.25) is 10.1 Å². The summed E-state index contributed by atoms with van der Waals surface area (Å²) < 4.78 is 4.95. The third-order valence-corrected chi connectivity index (χ3v) is 3.24. The largest absolute Gasteiger partial charge is 0.384 e. The molecule has 0 atom stereocenters. The lowest BCUT2D eigenvalue weighted by Gasteiger charge is -2.09. The lowest BCUT2D eigenvalue weighted by Crippen LogP contribution is -2.01. The van der Waals surface area contributed by atoms with Crippen LogP contribution >= 0.6 is 11.8 Å². The molecule has 0 radical (unpaired) electrons. The average molecular weight is 256 g/mol. The summed E-state index contributed by atoms with van der Waals surface area (Å²) in [6.45, 7) is 0.689. The molecule has 6 heteroatoms. The van der Waals surface area contributed by atoms with Gasteiger partial charge in [0.25, 0.3) is 5.69 Å². The molecular weight excluding hydrogens is 240 g/mol. The van der Waals surface area contributed by atoms with Crippen LogP contribution in [0.25, 0.3) is 0 Å². The van der Waals surface area contributed by atoms with Crippen LogP contribution in [0.1, 0.15) is 5.56 Å². The van der Waals surface area contributed by atoms with E-state index in [9.17, 15) is 10.1 Å². The van der Waals surface area contributed by atoms with E-state index in [1.807, 2.05) is 6.07 Å². The van der Waals surface area contributed by atoms with Gasteiger partial charge in [0.1, 0.15) is 5.69 Å². The Kier molecular flexibility index (Phi) is 5.79. The molecule has 0 aliphatic carbocycles. The van der Waals surface area contributed by atoms with Gasteiger partial charge in [-0.2, -0.15) is 11.8 Å². The second kappa shape index (κ2) is 7.13. The smallest absolute Gasteiger partial charge is 0.292 e. The number of nitrogens with zero attached hydrogens (tertiary/aromatic N) is 1. The van der Waals surface area contributed by atoms with Crippen molar-refractivity contribution in [1.82, 2.24) is 0 Å². The molecule has 94 valence electrons. The highest BCUT2D eigenvalue weighted by molar-refractivity contribution is 7.98. The van der Waals surface area contributed by atoms with E-state index in [1.54, 1.807) is 32.0 Å². The van der Waals surface area contributed by atoms with Crippen molar-refractivity contribution in [2.24, 2.45) is 0 Å². The zero-order valence-electron chi connectivity index (χ0n) is 9.93. The minimum Gasteiger partial charge on any atom is -0.384 e. The Morgan fingerprint density at radius 1 is 1.53 bits per heavy atom. The third-order valence-electron chi connectivity index (χ3n) is 2.26. The summed E-state index contributed by atoms with van der Waals surface area (Å²) in [6.07, 6.45) is 0. The molecule has 0 amide bonds. The van der Waals surface area contributed by atoms with Gasteiger partial charge in [0.05, 0.1) is 11.5 Å².